The van der Waals surface area contributed by atoms with Crippen LogP contribution in [-0.4, -0.2) is 15.4 Å². The van der Waals surface area contributed by atoms with E-state index in [0.717, 1.165) is 0 Å². The summed E-state index contributed by atoms with van der Waals surface area (Å²) >= 11 is 0. The van der Waals surface area contributed by atoms with Gasteiger partial charge in [-0.15, -0.1) is 0 Å². The van der Waals surface area contributed by atoms with Crippen molar-refractivity contribution in [2.75, 3.05) is 7.11 Å². The lowest BCUT2D eigenvalue weighted by molar-refractivity contribution is 0.416. The second-order valence-corrected chi connectivity index (χ2v) is 7.62. The molecule has 0 radical (unpaired) electrons. The average Bonchev–Trinajstić information content (AvgIpc) is 2.18. The molecule has 2 N–H and O–H groups in total. The molecule has 0 amide bonds. The lowest BCUT2D eigenvalue weighted by Gasteiger charge is -2.20. The Hall–Kier alpha value is -0.643. The fraction of sp³-hybridized carbons (Fsp3) is 0.400. The van der Waals surface area contributed by atoms with Gasteiger partial charge in [-0.2, -0.15) is 0 Å². The summed E-state index contributed by atoms with van der Waals surface area (Å²) in [4.78, 5) is 0. The molecule has 0 bridgehead atoms. The lowest BCUT2D eigenvalue weighted by atomic mass is 10.2. The van der Waals surface area contributed by atoms with Crippen LogP contribution < -0.4 is 10.9 Å². The van der Waals surface area contributed by atoms with Gasteiger partial charge in [0.15, 0.2) is 0 Å². The van der Waals surface area contributed by atoms with Crippen molar-refractivity contribution in [3.63, 3.8) is 0 Å². The van der Waals surface area contributed by atoms with E-state index < -0.39 is 8.32 Å². The van der Waals surface area contributed by atoms with Crippen molar-refractivity contribution in [1.82, 2.24) is 0 Å². The maximum absolute atomic E-state index is 5.52. The maximum atomic E-state index is 5.52. The van der Waals surface area contributed by atoms with Crippen molar-refractivity contribution < 1.29 is 4.43 Å². The summed E-state index contributed by atoms with van der Waals surface area (Å²) in [6.45, 7) is 4.98. The fourth-order valence-electron chi connectivity index (χ4n) is 1.16. The topological polar surface area (TPSA) is 35.2 Å². The van der Waals surface area contributed by atoms with Crippen LogP contribution in [0.2, 0.25) is 13.1 Å². The van der Waals surface area contributed by atoms with Crippen LogP contribution in [0.25, 0.3) is 0 Å². The third-order valence-electron chi connectivity index (χ3n) is 2.40. The molecular weight excluding hydrogens is 178 g/mol. The van der Waals surface area contributed by atoms with Gasteiger partial charge in [-0.25, -0.2) is 0 Å². The summed E-state index contributed by atoms with van der Waals surface area (Å²) in [6.07, 6.45) is 0. The van der Waals surface area contributed by atoms with E-state index in [4.69, 9.17) is 10.2 Å². The van der Waals surface area contributed by atoms with Crippen LogP contribution >= 0.6 is 0 Å². The number of rotatable bonds is 3. The van der Waals surface area contributed by atoms with Crippen LogP contribution in [0.1, 0.15) is 5.56 Å². The zero-order chi connectivity index (χ0) is 9.90. The Bertz CT molecular complexity index is 269. The quantitative estimate of drug-likeness (QED) is 0.736. The summed E-state index contributed by atoms with van der Waals surface area (Å²) < 4.78 is 5.50. The van der Waals surface area contributed by atoms with E-state index in [1.807, 2.05) is 0 Å². The minimum absolute atomic E-state index is 0.606. The van der Waals surface area contributed by atoms with Crippen molar-refractivity contribution in [1.29, 1.82) is 0 Å². The molecule has 0 aliphatic carbocycles. The Morgan fingerprint density at radius 1 is 1.23 bits per heavy atom. The molecule has 1 aromatic carbocycles. The second kappa shape index (κ2) is 4.04. The molecule has 0 atom stereocenters. The highest BCUT2D eigenvalue weighted by Crippen LogP contribution is 2.05. The normalized spacial score (nSPS) is 11.7. The van der Waals surface area contributed by atoms with Crippen LogP contribution in [0.5, 0.6) is 0 Å². The van der Waals surface area contributed by atoms with Crippen molar-refractivity contribution in [2.45, 2.75) is 19.6 Å². The fourth-order valence-corrected chi connectivity index (χ4v) is 2.37. The van der Waals surface area contributed by atoms with Gasteiger partial charge in [-0.3, -0.25) is 0 Å². The van der Waals surface area contributed by atoms with Crippen molar-refractivity contribution in [3.05, 3.63) is 29.8 Å². The van der Waals surface area contributed by atoms with Gasteiger partial charge in [-0.05, 0) is 23.8 Å². The molecule has 1 aromatic rings. The number of nitrogens with two attached hydrogens (primary N) is 1. The molecule has 0 aliphatic heterocycles. The molecule has 0 heterocycles. The molecule has 1 rings (SSSR count). The number of benzene rings is 1. The standard InChI is InChI=1S/C10H17NOSi/c1-12-13(2,3)10-6-4-9(8-11)5-7-10/h4-7H,8,11H2,1-3H3. The van der Waals surface area contributed by atoms with E-state index in [2.05, 4.69) is 37.4 Å². The Balaban J connectivity index is 2.92. The van der Waals surface area contributed by atoms with Gasteiger partial charge >= 0.3 is 0 Å². The first-order valence-corrected chi connectivity index (χ1v) is 7.35. The maximum Gasteiger partial charge on any atom is 0.217 e. The van der Waals surface area contributed by atoms with Crippen molar-refractivity contribution in [3.8, 4) is 0 Å². The molecule has 13 heavy (non-hydrogen) atoms. The van der Waals surface area contributed by atoms with Gasteiger partial charge in [0.05, 0.1) is 0 Å². The number of hydrogen-bond donors (Lipinski definition) is 1. The molecule has 0 saturated heterocycles. The Morgan fingerprint density at radius 3 is 2.15 bits per heavy atom. The van der Waals surface area contributed by atoms with E-state index in [1.165, 1.54) is 10.8 Å². The van der Waals surface area contributed by atoms with Gasteiger partial charge < -0.3 is 10.2 Å². The first-order chi connectivity index (χ1) is 6.10. The van der Waals surface area contributed by atoms with Gasteiger partial charge in [0, 0.05) is 13.7 Å². The van der Waals surface area contributed by atoms with Crippen LogP contribution in [0, 0.1) is 0 Å². The Labute approximate surface area is 80.8 Å². The predicted octanol–water partition coefficient (Wildman–Crippen LogP) is 1.20. The van der Waals surface area contributed by atoms with E-state index in [0.29, 0.717) is 6.54 Å². The minimum Gasteiger partial charge on any atom is -0.416 e. The zero-order valence-corrected chi connectivity index (χ0v) is 9.50. The molecule has 0 spiro atoms. The zero-order valence-electron chi connectivity index (χ0n) is 8.50. The Kier molecular flexibility index (Phi) is 3.25. The van der Waals surface area contributed by atoms with Gasteiger partial charge in [-0.1, -0.05) is 24.3 Å². The third-order valence-corrected chi connectivity index (χ3v) is 5.14. The molecule has 0 saturated carbocycles. The predicted molar refractivity (Wildman–Crippen MR) is 58.5 cm³/mol. The second-order valence-electron chi connectivity index (χ2n) is 3.62. The molecule has 0 unspecified atom stereocenters. The van der Waals surface area contributed by atoms with Crippen LogP contribution in [0.15, 0.2) is 24.3 Å². The molecule has 3 heteroatoms. The highest BCUT2D eigenvalue weighted by atomic mass is 28.4. The first-order valence-electron chi connectivity index (χ1n) is 4.45. The summed E-state index contributed by atoms with van der Waals surface area (Å²) in [5, 5.41) is 1.31. The van der Waals surface area contributed by atoms with E-state index in [-0.39, 0.29) is 0 Å². The largest absolute Gasteiger partial charge is 0.416 e. The SMILES string of the molecule is CO[Si](C)(C)c1ccc(CN)cc1. The summed E-state index contributed by atoms with van der Waals surface area (Å²) in [7, 11) is 0.151. The van der Waals surface area contributed by atoms with Crippen molar-refractivity contribution >= 4 is 13.5 Å². The third kappa shape index (κ3) is 2.40. The van der Waals surface area contributed by atoms with Crippen LogP contribution in [-0.2, 0) is 11.0 Å². The summed E-state index contributed by atoms with van der Waals surface area (Å²) in [5.41, 5.74) is 6.69. The van der Waals surface area contributed by atoms with Crippen molar-refractivity contribution in [2.24, 2.45) is 5.73 Å². The summed E-state index contributed by atoms with van der Waals surface area (Å²) in [5.74, 6) is 0. The highest BCUT2D eigenvalue weighted by Gasteiger charge is 2.22. The smallest absolute Gasteiger partial charge is 0.217 e. The molecular formula is C10H17NOSi. The van der Waals surface area contributed by atoms with Gasteiger partial charge in [0.25, 0.3) is 0 Å². The molecule has 72 valence electrons. The summed E-state index contributed by atoms with van der Waals surface area (Å²) in [6, 6.07) is 8.39. The van der Waals surface area contributed by atoms with E-state index in [9.17, 15) is 0 Å². The molecule has 0 aliphatic rings. The van der Waals surface area contributed by atoms with Gasteiger partial charge in [0.1, 0.15) is 0 Å². The minimum atomic E-state index is -1.63. The number of hydrogen-bond acceptors (Lipinski definition) is 2. The lowest BCUT2D eigenvalue weighted by Crippen LogP contribution is -2.43. The van der Waals surface area contributed by atoms with Crippen LogP contribution in [0.4, 0.5) is 0 Å². The highest BCUT2D eigenvalue weighted by molar-refractivity contribution is 6.84. The molecule has 0 fully saturated rings. The van der Waals surface area contributed by atoms with E-state index >= 15 is 0 Å². The average molecular weight is 195 g/mol. The first kappa shape index (κ1) is 10.4. The molecule has 2 nitrogen and oxygen atoms in total. The molecule has 0 aromatic heterocycles. The van der Waals surface area contributed by atoms with Crippen LogP contribution in [0.3, 0.4) is 0 Å². The van der Waals surface area contributed by atoms with E-state index in [1.54, 1.807) is 7.11 Å². The monoisotopic (exact) mass is 195 g/mol. The Morgan fingerprint density at radius 2 is 1.77 bits per heavy atom. The van der Waals surface area contributed by atoms with Gasteiger partial charge in [0.2, 0.25) is 8.32 Å².